The minimum atomic E-state index is -0.865. The number of unbranched alkanes of at least 4 members (excludes halogenated alkanes) is 2. The average Bonchev–Trinajstić information content (AvgIpc) is 3.03. The fraction of sp³-hybridized carbons (Fsp3) is 0.708. The Morgan fingerprint density at radius 1 is 1.16 bits per heavy atom. The van der Waals surface area contributed by atoms with Gasteiger partial charge >= 0.3 is 5.97 Å². The van der Waals surface area contributed by atoms with Crippen LogP contribution in [-0.2, 0) is 19.1 Å². The molecule has 0 aliphatic carbocycles. The van der Waals surface area contributed by atoms with Gasteiger partial charge in [0.15, 0.2) is 0 Å². The predicted molar refractivity (Wildman–Crippen MR) is 123 cm³/mol. The number of thioether (sulfide) groups is 1. The molecular weight excluding hydrogens is 428 g/mol. The molecule has 0 aromatic rings. The Morgan fingerprint density at radius 2 is 1.94 bits per heavy atom. The highest BCUT2D eigenvalue weighted by Crippen LogP contribution is 2.65. The summed E-state index contributed by atoms with van der Waals surface area (Å²) < 4.78 is 3.93. The van der Waals surface area contributed by atoms with E-state index in [-0.39, 0.29) is 31.0 Å². The molecule has 1 N–H and O–H groups in total. The van der Waals surface area contributed by atoms with Crippen LogP contribution in [0.1, 0.15) is 46.5 Å². The summed E-state index contributed by atoms with van der Waals surface area (Å²) in [4.78, 5) is 44.4. The first-order valence-corrected chi connectivity index (χ1v) is 12.6. The van der Waals surface area contributed by atoms with Crippen molar-refractivity contribution in [1.82, 2.24) is 9.80 Å². The molecule has 0 saturated carbocycles. The van der Waals surface area contributed by atoms with Gasteiger partial charge in [0, 0.05) is 17.8 Å². The monoisotopic (exact) mass is 462 g/mol. The van der Waals surface area contributed by atoms with Gasteiger partial charge in [0.25, 0.3) is 0 Å². The van der Waals surface area contributed by atoms with Gasteiger partial charge in [0.05, 0.1) is 29.2 Å². The number of fused-ring (bicyclic) bond motifs is 2. The van der Waals surface area contributed by atoms with Crippen LogP contribution in [0.5, 0.6) is 0 Å². The summed E-state index contributed by atoms with van der Waals surface area (Å²) in [5, 5.41) is 10.1. The van der Waals surface area contributed by atoms with Crippen LogP contribution >= 0.6 is 11.8 Å². The number of aliphatic hydroxyl groups excluding tert-OH is 1. The number of carbonyl (C=O) groups is 3. The average molecular weight is 463 g/mol. The molecule has 0 bridgehead atoms. The van der Waals surface area contributed by atoms with Gasteiger partial charge in [-0.2, -0.15) is 0 Å². The molecule has 0 radical (unpaired) electrons. The van der Waals surface area contributed by atoms with Gasteiger partial charge in [0.1, 0.15) is 12.6 Å². The molecule has 4 aliphatic rings. The number of esters is 1. The molecule has 8 heteroatoms. The van der Waals surface area contributed by atoms with Crippen LogP contribution < -0.4 is 0 Å². The summed E-state index contributed by atoms with van der Waals surface area (Å²) in [6.45, 7) is 7.11. The molecule has 2 amide bonds. The predicted octanol–water partition coefficient (Wildman–Crippen LogP) is 2.15. The first kappa shape index (κ1) is 23.4. The molecule has 7 nitrogen and oxygen atoms in total. The van der Waals surface area contributed by atoms with Gasteiger partial charge in [-0.3, -0.25) is 14.4 Å². The molecule has 6 atom stereocenters. The number of hydrogen-bond donors (Lipinski definition) is 1. The lowest BCUT2D eigenvalue weighted by Gasteiger charge is -2.39. The van der Waals surface area contributed by atoms with Crippen molar-refractivity contribution in [3.63, 3.8) is 0 Å². The van der Waals surface area contributed by atoms with E-state index < -0.39 is 33.4 Å². The smallest absolute Gasteiger partial charge is 0.311 e. The maximum atomic E-state index is 14.0. The van der Waals surface area contributed by atoms with Crippen LogP contribution in [0.4, 0.5) is 0 Å². The Bertz CT molecular complexity index is 840. The minimum absolute atomic E-state index is 0.0845. The quantitative estimate of drug-likeness (QED) is 0.354. The van der Waals surface area contributed by atoms with Crippen LogP contribution in [0.25, 0.3) is 0 Å². The third kappa shape index (κ3) is 3.41. The topological polar surface area (TPSA) is 87.2 Å². The lowest BCUT2D eigenvalue weighted by molar-refractivity contribution is -0.153. The Hall–Kier alpha value is -1.80. The first-order valence-electron chi connectivity index (χ1n) is 11.8. The third-order valence-corrected chi connectivity index (χ3v) is 9.24. The zero-order chi connectivity index (χ0) is 23.1. The maximum Gasteiger partial charge on any atom is 0.311 e. The number of hydrogen-bond acceptors (Lipinski definition) is 6. The van der Waals surface area contributed by atoms with Crippen molar-refractivity contribution in [2.75, 3.05) is 26.3 Å². The standard InChI is InChI=1S/C24H34N2O5S/c1-4-6-7-12-25-13-8-11-24-17(18-22(30)31-14-9-10-23(18,3)32-24)20(28)26(16(5-2)15-27)19(24)21(25)29/h8-11,16-19,27H,4-7,12-15H2,1-3H3/t16-,17-,18-,19?,23+,24-/m0/s1. The van der Waals surface area contributed by atoms with Crippen molar-refractivity contribution < 1.29 is 24.2 Å². The molecule has 1 spiro atoms. The maximum absolute atomic E-state index is 14.0. The molecule has 2 saturated heterocycles. The van der Waals surface area contributed by atoms with Gasteiger partial charge in [-0.05, 0) is 25.8 Å². The van der Waals surface area contributed by atoms with E-state index in [2.05, 4.69) is 6.92 Å². The second kappa shape index (κ2) is 8.86. The second-order valence-electron chi connectivity index (χ2n) is 9.41. The van der Waals surface area contributed by atoms with E-state index in [1.54, 1.807) is 16.7 Å². The van der Waals surface area contributed by atoms with Crippen molar-refractivity contribution in [3.05, 3.63) is 24.3 Å². The van der Waals surface area contributed by atoms with Gasteiger partial charge in [-0.1, -0.05) is 44.9 Å². The summed E-state index contributed by atoms with van der Waals surface area (Å²) >= 11 is 1.54. The molecule has 32 heavy (non-hydrogen) atoms. The molecule has 1 unspecified atom stereocenters. The van der Waals surface area contributed by atoms with Crippen LogP contribution in [0.2, 0.25) is 0 Å². The molecule has 0 aromatic heterocycles. The molecule has 4 heterocycles. The van der Waals surface area contributed by atoms with E-state index in [0.717, 1.165) is 19.3 Å². The largest absolute Gasteiger partial charge is 0.461 e. The summed E-state index contributed by atoms with van der Waals surface area (Å²) in [5.74, 6) is -2.07. The number of amides is 2. The highest BCUT2D eigenvalue weighted by atomic mass is 32.2. The molecule has 0 aromatic carbocycles. The molecule has 176 valence electrons. The number of cyclic esters (lactones) is 1. The summed E-state index contributed by atoms with van der Waals surface area (Å²) in [5.41, 5.74) is 0. The Labute approximate surface area is 194 Å². The van der Waals surface area contributed by atoms with Gasteiger partial charge in [0.2, 0.25) is 11.8 Å². The highest BCUT2D eigenvalue weighted by Gasteiger charge is 2.74. The van der Waals surface area contributed by atoms with Crippen molar-refractivity contribution in [1.29, 1.82) is 0 Å². The number of ether oxygens (including phenoxy) is 1. The first-order chi connectivity index (χ1) is 15.3. The van der Waals surface area contributed by atoms with E-state index in [9.17, 15) is 19.5 Å². The SMILES string of the molecule is CCCCCN1CC=C[C@]23S[C@]4(C)C=CCOC(=O)[C@@H]4[C@H]2C(=O)N([C@@H](CC)CO)C3C1=O. The number of aliphatic hydroxyl groups is 1. The number of rotatable bonds is 7. The van der Waals surface area contributed by atoms with E-state index in [0.29, 0.717) is 19.5 Å². The van der Waals surface area contributed by atoms with Crippen molar-refractivity contribution >= 4 is 29.5 Å². The summed E-state index contributed by atoms with van der Waals surface area (Å²) in [7, 11) is 0. The van der Waals surface area contributed by atoms with E-state index in [4.69, 9.17) is 4.74 Å². The Kier molecular flexibility index (Phi) is 6.47. The van der Waals surface area contributed by atoms with Gasteiger partial charge < -0.3 is 19.6 Å². The summed E-state index contributed by atoms with van der Waals surface area (Å²) in [6, 6.07) is -1.21. The normalized spacial score (nSPS) is 37.0. The van der Waals surface area contributed by atoms with Crippen LogP contribution in [0.15, 0.2) is 24.3 Å². The second-order valence-corrected chi connectivity index (χ2v) is 11.2. The van der Waals surface area contributed by atoms with Crippen molar-refractivity contribution in [3.8, 4) is 0 Å². The molecular formula is C24H34N2O5S. The van der Waals surface area contributed by atoms with Gasteiger partial charge in [-0.25, -0.2) is 0 Å². The zero-order valence-electron chi connectivity index (χ0n) is 19.2. The minimum Gasteiger partial charge on any atom is -0.461 e. The van der Waals surface area contributed by atoms with E-state index in [1.165, 1.54) is 0 Å². The highest BCUT2D eigenvalue weighted by molar-refractivity contribution is 8.02. The molecule has 4 aliphatic heterocycles. The number of nitrogens with zero attached hydrogens (tertiary/aromatic N) is 2. The Morgan fingerprint density at radius 3 is 2.62 bits per heavy atom. The lowest BCUT2D eigenvalue weighted by Crippen LogP contribution is -2.56. The van der Waals surface area contributed by atoms with E-state index in [1.807, 2.05) is 43.1 Å². The van der Waals surface area contributed by atoms with Crippen LogP contribution in [0, 0.1) is 11.8 Å². The molecule has 2 fully saturated rings. The van der Waals surface area contributed by atoms with E-state index >= 15 is 0 Å². The third-order valence-electron chi connectivity index (χ3n) is 7.44. The Balaban J connectivity index is 1.82. The fourth-order valence-corrected chi connectivity index (χ4v) is 8.04. The zero-order valence-corrected chi connectivity index (χ0v) is 20.0. The fourth-order valence-electron chi connectivity index (χ4n) is 5.90. The lowest BCUT2D eigenvalue weighted by atomic mass is 9.75. The van der Waals surface area contributed by atoms with Crippen molar-refractivity contribution in [2.45, 2.75) is 68.0 Å². The number of carbonyl (C=O) groups excluding carboxylic acids is 3. The molecule has 4 rings (SSSR count). The van der Waals surface area contributed by atoms with Crippen LogP contribution in [0.3, 0.4) is 0 Å². The number of likely N-dealkylation sites (tertiary alicyclic amines) is 1. The van der Waals surface area contributed by atoms with Gasteiger partial charge in [-0.15, -0.1) is 11.8 Å². The van der Waals surface area contributed by atoms with Crippen LogP contribution in [-0.4, -0.2) is 80.6 Å². The van der Waals surface area contributed by atoms with Crippen molar-refractivity contribution in [2.24, 2.45) is 11.8 Å². The summed E-state index contributed by atoms with van der Waals surface area (Å²) in [6.07, 6.45) is 11.3.